The van der Waals surface area contributed by atoms with E-state index in [1.54, 1.807) is 23.5 Å². The minimum Gasteiger partial charge on any atom is -0.314 e. The van der Waals surface area contributed by atoms with Gasteiger partial charge in [-0.25, -0.2) is 8.70 Å². The average Bonchev–Trinajstić information content (AvgIpc) is 2.78. The van der Waals surface area contributed by atoms with Crippen LogP contribution in [0.4, 0.5) is 4.39 Å². The Balaban J connectivity index is 1.70. The Morgan fingerprint density at radius 3 is 2.86 bits per heavy atom. The van der Waals surface area contributed by atoms with Crippen LogP contribution >= 0.6 is 23.3 Å². The van der Waals surface area contributed by atoms with E-state index in [0.717, 1.165) is 25.0 Å². The van der Waals surface area contributed by atoms with Crippen LogP contribution in [0.25, 0.3) is 10.1 Å². The third-order valence-electron chi connectivity index (χ3n) is 4.01. The van der Waals surface area contributed by atoms with Gasteiger partial charge in [0.15, 0.2) is 0 Å². The van der Waals surface area contributed by atoms with Crippen molar-refractivity contribution in [1.29, 1.82) is 0 Å². The summed E-state index contributed by atoms with van der Waals surface area (Å²) in [6, 6.07) is 5.77. The smallest absolute Gasteiger partial charge is 0.123 e. The first kappa shape index (κ1) is 15.3. The molecule has 1 aliphatic rings. The molecule has 0 bridgehead atoms. The van der Waals surface area contributed by atoms with Gasteiger partial charge in [-0.05, 0) is 67.4 Å². The van der Waals surface area contributed by atoms with Crippen molar-refractivity contribution in [1.82, 2.24) is 9.62 Å². The predicted octanol–water partition coefficient (Wildman–Crippen LogP) is 4.43. The number of benzene rings is 1. The lowest BCUT2D eigenvalue weighted by Gasteiger charge is -2.31. The summed E-state index contributed by atoms with van der Waals surface area (Å²) in [4.78, 5) is 0. The third kappa shape index (κ3) is 3.42. The molecule has 5 heteroatoms. The van der Waals surface area contributed by atoms with Crippen LogP contribution in [0.3, 0.4) is 0 Å². The van der Waals surface area contributed by atoms with E-state index in [1.165, 1.54) is 27.3 Å². The minimum absolute atomic E-state index is 0.147. The van der Waals surface area contributed by atoms with Crippen molar-refractivity contribution in [3.05, 3.63) is 29.6 Å². The molecule has 0 amide bonds. The number of halogens is 1. The predicted molar refractivity (Wildman–Crippen MR) is 90.6 cm³/mol. The van der Waals surface area contributed by atoms with Gasteiger partial charge in [0.25, 0.3) is 0 Å². The summed E-state index contributed by atoms with van der Waals surface area (Å²) in [6.07, 6.45) is 2.42. The Morgan fingerprint density at radius 2 is 2.14 bits per heavy atom. The van der Waals surface area contributed by atoms with Crippen molar-refractivity contribution >= 4 is 33.4 Å². The second kappa shape index (κ2) is 6.65. The molecule has 1 saturated heterocycles. The number of fused-ring (bicyclic) bond motifs is 1. The molecule has 3 rings (SSSR count). The molecule has 0 saturated carbocycles. The minimum atomic E-state index is -0.147. The van der Waals surface area contributed by atoms with Crippen LogP contribution in [0, 0.1) is 12.7 Å². The highest BCUT2D eigenvalue weighted by molar-refractivity contribution is 7.99. The lowest BCUT2D eigenvalue weighted by atomic mass is 10.1. The molecule has 0 radical (unpaired) electrons. The summed E-state index contributed by atoms with van der Waals surface area (Å²) in [5.74, 6) is -0.147. The summed E-state index contributed by atoms with van der Waals surface area (Å²) in [5, 5.41) is 4.59. The first-order valence-electron chi connectivity index (χ1n) is 7.52. The van der Waals surface area contributed by atoms with Crippen molar-refractivity contribution < 1.29 is 4.39 Å². The topological polar surface area (TPSA) is 15.3 Å². The first-order valence-corrected chi connectivity index (χ1v) is 9.11. The second-order valence-corrected chi connectivity index (χ2v) is 7.93. The zero-order valence-corrected chi connectivity index (χ0v) is 14.1. The Kier molecular flexibility index (Phi) is 4.84. The molecular formula is C16H21FN2S2. The van der Waals surface area contributed by atoms with Gasteiger partial charge in [0, 0.05) is 23.8 Å². The molecule has 0 spiro atoms. The van der Waals surface area contributed by atoms with E-state index in [2.05, 4.69) is 23.5 Å². The van der Waals surface area contributed by atoms with E-state index in [-0.39, 0.29) is 5.82 Å². The summed E-state index contributed by atoms with van der Waals surface area (Å²) in [7, 11) is 0. The zero-order chi connectivity index (χ0) is 14.8. The molecule has 114 valence electrons. The molecule has 1 aromatic heterocycles. The van der Waals surface area contributed by atoms with E-state index in [9.17, 15) is 4.39 Å². The van der Waals surface area contributed by atoms with Gasteiger partial charge in [-0.2, -0.15) is 0 Å². The zero-order valence-electron chi connectivity index (χ0n) is 12.5. The first-order chi connectivity index (χ1) is 10.2. The number of nitrogens with one attached hydrogen (secondary N) is 1. The van der Waals surface area contributed by atoms with Gasteiger partial charge in [-0.15, -0.1) is 11.3 Å². The largest absolute Gasteiger partial charge is 0.314 e. The van der Waals surface area contributed by atoms with Crippen LogP contribution < -0.4 is 5.32 Å². The van der Waals surface area contributed by atoms with Gasteiger partial charge in [-0.3, -0.25) is 0 Å². The fourth-order valence-electron chi connectivity index (χ4n) is 2.81. The van der Waals surface area contributed by atoms with E-state index in [1.807, 2.05) is 18.0 Å². The molecule has 1 N–H and O–H groups in total. The maximum Gasteiger partial charge on any atom is 0.123 e. The van der Waals surface area contributed by atoms with Gasteiger partial charge in [0.2, 0.25) is 0 Å². The fourth-order valence-corrected chi connectivity index (χ4v) is 5.35. The Labute approximate surface area is 133 Å². The molecule has 2 aromatic rings. The van der Waals surface area contributed by atoms with Crippen LogP contribution in [-0.2, 0) is 0 Å². The summed E-state index contributed by atoms with van der Waals surface area (Å²) >= 11 is 3.62. The maximum absolute atomic E-state index is 13.4. The number of nitrogens with zero attached hydrogens (tertiary/aromatic N) is 1. The number of rotatable bonds is 4. The standard InChI is InChI=1S/C16H21FN2S2/c1-3-18-13-6-8-19(9-7-13)21-16-11(2)14-10-12(17)4-5-15(14)20-16/h4-5,10,13,18H,3,6-9H2,1-2H3. The van der Waals surface area contributed by atoms with Crippen molar-refractivity contribution in [2.24, 2.45) is 0 Å². The molecule has 1 fully saturated rings. The van der Waals surface area contributed by atoms with E-state index in [4.69, 9.17) is 0 Å². The molecule has 2 nitrogen and oxygen atoms in total. The highest BCUT2D eigenvalue weighted by Gasteiger charge is 2.20. The lowest BCUT2D eigenvalue weighted by molar-refractivity contribution is 0.312. The summed E-state index contributed by atoms with van der Waals surface area (Å²) in [6.45, 7) is 7.56. The van der Waals surface area contributed by atoms with Crippen molar-refractivity contribution in [2.75, 3.05) is 19.6 Å². The number of aryl methyl sites for hydroxylation is 1. The van der Waals surface area contributed by atoms with Crippen LogP contribution in [0.1, 0.15) is 25.3 Å². The molecule has 1 aliphatic heterocycles. The Morgan fingerprint density at radius 1 is 1.38 bits per heavy atom. The van der Waals surface area contributed by atoms with Crippen LogP contribution in [-0.4, -0.2) is 30.0 Å². The van der Waals surface area contributed by atoms with Crippen LogP contribution in [0.2, 0.25) is 0 Å². The summed E-state index contributed by atoms with van der Waals surface area (Å²) in [5.41, 5.74) is 1.22. The SMILES string of the molecule is CCNC1CCN(Sc2sc3ccc(F)cc3c2C)CC1. The van der Waals surface area contributed by atoms with Gasteiger partial charge in [0.1, 0.15) is 5.82 Å². The quantitative estimate of drug-likeness (QED) is 0.838. The van der Waals surface area contributed by atoms with E-state index >= 15 is 0 Å². The second-order valence-electron chi connectivity index (χ2n) is 5.51. The highest BCUT2D eigenvalue weighted by atomic mass is 32.2. The van der Waals surface area contributed by atoms with Crippen LogP contribution in [0.5, 0.6) is 0 Å². The Bertz CT molecular complexity index is 618. The van der Waals surface area contributed by atoms with Gasteiger partial charge in [0.05, 0.1) is 4.21 Å². The molecule has 0 atom stereocenters. The highest BCUT2D eigenvalue weighted by Crippen LogP contribution is 2.40. The number of piperidine rings is 1. The molecule has 0 aliphatic carbocycles. The molecular weight excluding hydrogens is 303 g/mol. The van der Waals surface area contributed by atoms with Crippen LogP contribution in [0.15, 0.2) is 22.4 Å². The number of thiophene rings is 1. The Hall–Kier alpha value is -0.620. The average molecular weight is 324 g/mol. The van der Waals surface area contributed by atoms with Gasteiger partial charge < -0.3 is 5.32 Å². The third-order valence-corrected chi connectivity index (χ3v) is 6.65. The van der Waals surface area contributed by atoms with Gasteiger partial charge in [-0.1, -0.05) is 6.92 Å². The fraction of sp³-hybridized carbons (Fsp3) is 0.500. The molecule has 1 aromatic carbocycles. The monoisotopic (exact) mass is 324 g/mol. The van der Waals surface area contributed by atoms with E-state index in [0.29, 0.717) is 6.04 Å². The molecule has 0 unspecified atom stereocenters. The van der Waals surface area contributed by atoms with Crippen molar-refractivity contribution in [3.63, 3.8) is 0 Å². The number of hydrogen-bond acceptors (Lipinski definition) is 4. The maximum atomic E-state index is 13.4. The van der Waals surface area contributed by atoms with Crippen molar-refractivity contribution in [3.8, 4) is 0 Å². The summed E-state index contributed by atoms with van der Waals surface area (Å²) < 4.78 is 18.3. The molecule has 21 heavy (non-hydrogen) atoms. The van der Waals surface area contributed by atoms with Gasteiger partial charge >= 0.3 is 0 Å². The van der Waals surface area contributed by atoms with E-state index < -0.39 is 0 Å². The molecule has 2 heterocycles. The number of hydrogen-bond donors (Lipinski definition) is 1. The van der Waals surface area contributed by atoms with Crippen molar-refractivity contribution in [2.45, 2.75) is 36.9 Å². The lowest BCUT2D eigenvalue weighted by Crippen LogP contribution is -2.39. The normalized spacial score (nSPS) is 17.7.